The van der Waals surface area contributed by atoms with Crippen molar-refractivity contribution >= 4 is 29.5 Å². The highest BCUT2D eigenvalue weighted by Crippen LogP contribution is 2.11. The molecule has 6 nitrogen and oxygen atoms in total. The van der Waals surface area contributed by atoms with Crippen LogP contribution in [0.2, 0.25) is 0 Å². The Kier molecular flexibility index (Phi) is 4.19. The van der Waals surface area contributed by atoms with Gasteiger partial charge in [0.05, 0.1) is 6.61 Å². The van der Waals surface area contributed by atoms with Gasteiger partial charge in [-0.05, 0) is 30.5 Å². The molecule has 0 amide bonds. The predicted molar refractivity (Wildman–Crippen MR) is 71.9 cm³/mol. The van der Waals surface area contributed by atoms with Gasteiger partial charge in [-0.1, -0.05) is 6.07 Å². The SMILES string of the molecule is CCOC(=O)c1nnc(/C=C/c2cccs2)c(=O)[nH]1. The number of nitrogens with zero attached hydrogens (tertiary/aromatic N) is 2. The molecule has 2 aromatic heterocycles. The summed E-state index contributed by atoms with van der Waals surface area (Å²) in [5, 5.41) is 9.26. The molecule has 2 aromatic rings. The summed E-state index contributed by atoms with van der Waals surface area (Å²) in [7, 11) is 0. The lowest BCUT2D eigenvalue weighted by Gasteiger charge is -1.99. The van der Waals surface area contributed by atoms with Crippen molar-refractivity contribution < 1.29 is 9.53 Å². The first-order valence-corrected chi connectivity index (χ1v) is 6.44. The highest BCUT2D eigenvalue weighted by atomic mass is 32.1. The summed E-state index contributed by atoms with van der Waals surface area (Å²) in [6.07, 6.45) is 3.31. The Morgan fingerprint density at radius 2 is 2.32 bits per heavy atom. The third-order valence-corrected chi connectivity index (χ3v) is 2.98. The number of esters is 1. The smallest absolute Gasteiger partial charge is 0.376 e. The number of ether oxygens (including phenoxy) is 1. The summed E-state index contributed by atoms with van der Waals surface area (Å²) >= 11 is 1.54. The Morgan fingerprint density at radius 3 is 2.95 bits per heavy atom. The predicted octanol–water partition coefficient (Wildman–Crippen LogP) is 1.57. The maximum atomic E-state index is 11.7. The molecule has 0 saturated carbocycles. The second-order valence-electron chi connectivity index (χ2n) is 3.46. The van der Waals surface area contributed by atoms with E-state index in [2.05, 4.69) is 15.2 Å². The van der Waals surface area contributed by atoms with E-state index in [0.29, 0.717) is 0 Å². The summed E-state index contributed by atoms with van der Waals surface area (Å²) in [5.74, 6) is -0.888. The van der Waals surface area contributed by atoms with E-state index >= 15 is 0 Å². The van der Waals surface area contributed by atoms with E-state index in [1.807, 2.05) is 17.5 Å². The van der Waals surface area contributed by atoms with Crippen LogP contribution in [0.1, 0.15) is 28.1 Å². The molecule has 0 radical (unpaired) electrons. The van der Waals surface area contributed by atoms with Crippen LogP contribution in [0.15, 0.2) is 22.3 Å². The average molecular weight is 277 g/mol. The molecule has 1 N–H and O–H groups in total. The van der Waals surface area contributed by atoms with E-state index in [9.17, 15) is 9.59 Å². The second-order valence-corrected chi connectivity index (χ2v) is 4.44. The number of carbonyl (C=O) groups is 1. The first kappa shape index (κ1) is 13.2. The van der Waals surface area contributed by atoms with Gasteiger partial charge < -0.3 is 4.74 Å². The largest absolute Gasteiger partial charge is 0.460 e. The number of aromatic amines is 1. The number of carbonyl (C=O) groups excluding carboxylic acids is 1. The Hall–Kier alpha value is -2.28. The van der Waals surface area contributed by atoms with E-state index in [-0.39, 0.29) is 18.1 Å². The van der Waals surface area contributed by atoms with Crippen LogP contribution in [-0.2, 0) is 4.74 Å². The van der Waals surface area contributed by atoms with Crippen LogP contribution in [-0.4, -0.2) is 27.8 Å². The van der Waals surface area contributed by atoms with Crippen LogP contribution < -0.4 is 5.56 Å². The summed E-state index contributed by atoms with van der Waals surface area (Å²) in [5.41, 5.74) is -0.340. The Morgan fingerprint density at radius 1 is 1.47 bits per heavy atom. The molecule has 2 heterocycles. The zero-order valence-corrected chi connectivity index (χ0v) is 10.9. The molecular formula is C12H11N3O3S. The van der Waals surface area contributed by atoms with Gasteiger partial charge in [0.2, 0.25) is 5.82 Å². The van der Waals surface area contributed by atoms with E-state index in [0.717, 1.165) is 4.88 Å². The van der Waals surface area contributed by atoms with Crippen LogP contribution in [0, 0.1) is 0 Å². The molecule has 19 heavy (non-hydrogen) atoms. The van der Waals surface area contributed by atoms with Crippen molar-refractivity contribution in [2.75, 3.05) is 6.61 Å². The van der Waals surface area contributed by atoms with Gasteiger partial charge in [-0.2, -0.15) is 0 Å². The Labute approximate surface area is 112 Å². The van der Waals surface area contributed by atoms with Crippen molar-refractivity contribution in [3.05, 3.63) is 44.3 Å². The minimum absolute atomic E-state index is 0.140. The molecular weight excluding hydrogens is 266 g/mol. The summed E-state index contributed by atoms with van der Waals surface area (Å²) in [6, 6.07) is 3.82. The van der Waals surface area contributed by atoms with Crippen LogP contribution in [0.3, 0.4) is 0 Å². The van der Waals surface area contributed by atoms with Crippen molar-refractivity contribution in [2.24, 2.45) is 0 Å². The molecule has 2 rings (SSSR count). The van der Waals surface area contributed by atoms with Gasteiger partial charge in [0.1, 0.15) is 0 Å². The molecule has 0 aliphatic heterocycles. The number of thiophene rings is 1. The van der Waals surface area contributed by atoms with Crippen molar-refractivity contribution in [1.29, 1.82) is 0 Å². The molecule has 0 spiro atoms. The number of hydrogen-bond donors (Lipinski definition) is 1. The molecule has 0 fully saturated rings. The van der Waals surface area contributed by atoms with E-state index in [1.54, 1.807) is 30.4 Å². The zero-order valence-electron chi connectivity index (χ0n) is 10.1. The summed E-state index contributed by atoms with van der Waals surface area (Å²) < 4.78 is 4.71. The van der Waals surface area contributed by atoms with Gasteiger partial charge in [-0.25, -0.2) is 4.79 Å². The van der Waals surface area contributed by atoms with Crippen LogP contribution in [0.5, 0.6) is 0 Å². The Bertz CT molecular complexity index is 646. The minimum atomic E-state index is -0.694. The fourth-order valence-corrected chi connectivity index (χ4v) is 1.91. The van der Waals surface area contributed by atoms with Crippen molar-refractivity contribution in [3.63, 3.8) is 0 Å². The Balaban J connectivity index is 2.20. The molecule has 0 bridgehead atoms. The number of H-pyrrole nitrogens is 1. The number of aromatic nitrogens is 3. The third kappa shape index (κ3) is 3.35. The topological polar surface area (TPSA) is 84.9 Å². The van der Waals surface area contributed by atoms with Crippen molar-refractivity contribution in [3.8, 4) is 0 Å². The van der Waals surface area contributed by atoms with Crippen LogP contribution >= 0.6 is 11.3 Å². The molecule has 0 aromatic carbocycles. The van der Waals surface area contributed by atoms with E-state index in [4.69, 9.17) is 4.74 Å². The first-order valence-electron chi connectivity index (χ1n) is 5.56. The van der Waals surface area contributed by atoms with Gasteiger partial charge >= 0.3 is 5.97 Å². The fourth-order valence-electron chi connectivity index (χ4n) is 1.29. The van der Waals surface area contributed by atoms with Gasteiger partial charge in [0.25, 0.3) is 5.56 Å². The highest BCUT2D eigenvalue weighted by molar-refractivity contribution is 7.10. The van der Waals surface area contributed by atoms with Crippen molar-refractivity contribution in [1.82, 2.24) is 15.2 Å². The van der Waals surface area contributed by atoms with Gasteiger partial charge in [-0.3, -0.25) is 9.78 Å². The molecule has 7 heteroatoms. The molecule has 0 aliphatic rings. The molecule has 0 unspecified atom stereocenters. The van der Waals surface area contributed by atoms with E-state index in [1.165, 1.54) is 0 Å². The maximum absolute atomic E-state index is 11.7. The second kappa shape index (κ2) is 6.05. The third-order valence-electron chi connectivity index (χ3n) is 2.14. The van der Waals surface area contributed by atoms with Crippen LogP contribution in [0.25, 0.3) is 12.2 Å². The quantitative estimate of drug-likeness (QED) is 0.857. The number of hydrogen-bond acceptors (Lipinski definition) is 6. The van der Waals surface area contributed by atoms with Gasteiger partial charge in [0.15, 0.2) is 5.69 Å². The number of rotatable bonds is 4. The fraction of sp³-hybridized carbons (Fsp3) is 0.167. The van der Waals surface area contributed by atoms with E-state index < -0.39 is 11.5 Å². The lowest BCUT2D eigenvalue weighted by atomic mass is 10.3. The lowest BCUT2D eigenvalue weighted by molar-refractivity contribution is 0.0510. The first-order chi connectivity index (χ1) is 9.20. The van der Waals surface area contributed by atoms with Gasteiger partial charge in [-0.15, -0.1) is 21.5 Å². The average Bonchev–Trinajstić information content (AvgIpc) is 2.90. The number of nitrogens with one attached hydrogen (secondary N) is 1. The normalized spacial score (nSPS) is 10.8. The maximum Gasteiger partial charge on any atom is 0.376 e. The monoisotopic (exact) mass is 277 g/mol. The minimum Gasteiger partial charge on any atom is -0.460 e. The molecule has 0 aliphatic carbocycles. The molecule has 98 valence electrons. The standard InChI is InChI=1S/C12H11N3O3S/c1-2-18-12(17)10-13-11(16)9(14-15-10)6-5-8-4-3-7-19-8/h3-7H,2H2,1H3,(H,13,15,16)/b6-5+. The zero-order chi connectivity index (χ0) is 13.7. The molecule has 0 saturated heterocycles. The van der Waals surface area contributed by atoms with Gasteiger partial charge in [0, 0.05) is 4.88 Å². The lowest BCUT2D eigenvalue weighted by Crippen LogP contribution is -2.21. The van der Waals surface area contributed by atoms with Crippen molar-refractivity contribution in [2.45, 2.75) is 6.92 Å². The summed E-state index contributed by atoms with van der Waals surface area (Å²) in [6.45, 7) is 1.88. The van der Waals surface area contributed by atoms with Crippen LogP contribution in [0.4, 0.5) is 0 Å². The summed E-state index contributed by atoms with van der Waals surface area (Å²) in [4.78, 5) is 26.4. The molecule has 0 atom stereocenters. The highest BCUT2D eigenvalue weighted by Gasteiger charge is 2.11.